The predicted molar refractivity (Wildman–Crippen MR) is 103 cm³/mol. The molecule has 6 heteroatoms. The van der Waals surface area contributed by atoms with Crippen molar-refractivity contribution in [3.8, 4) is 0 Å². The second kappa shape index (κ2) is 6.87. The molecule has 5 nitrogen and oxygen atoms in total. The summed E-state index contributed by atoms with van der Waals surface area (Å²) in [5.41, 5.74) is 0.328. The second-order valence-electron chi connectivity index (χ2n) is 9.04. The molecule has 0 atom stereocenters. The molecule has 0 radical (unpaired) electrons. The van der Waals surface area contributed by atoms with Crippen molar-refractivity contribution in [2.45, 2.75) is 81.8 Å². The van der Waals surface area contributed by atoms with Crippen LogP contribution in [0.5, 0.6) is 0 Å². The molecule has 0 heterocycles. The van der Waals surface area contributed by atoms with Crippen molar-refractivity contribution in [3.63, 3.8) is 0 Å². The topological polar surface area (TPSA) is 72.5 Å². The molecule has 0 aliphatic heterocycles. The van der Waals surface area contributed by atoms with E-state index in [1.807, 2.05) is 32.9 Å². The number of ether oxygens (including phenoxy) is 1. The molecule has 1 aliphatic carbocycles. The summed E-state index contributed by atoms with van der Waals surface area (Å²) in [5, 5.41) is 3.03. The number of amides is 1. The fourth-order valence-electron chi connectivity index (χ4n) is 3.42. The van der Waals surface area contributed by atoms with E-state index in [1.165, 1.54) is 6.26 Å². The lowest BCUT2D eigenvalue weighted by Gasteiger charge is -2.44. The molecule has 26 heavy (non-hydrogen) atoms. The molecule has 0 unspecified atom stereocenters. The summed E-state index contributed by atoms with van der Waals surface area (Å²) in [6.07, 6.45) is 4.36. The van der Waals surface area contributed by atoms with E-state index < -0.39 is 15.4 Å². The standard InChI is InChI=1S/C20H31NO4S/c1-18(2,3)25-17(22)21-20(5)13-11-19(4,12-14-20)15-7-9-16(10-8-15)26(6,23)24/h7-10H,11-14H2,1-6H3,(H,21,22). The first kappa shape index (κ1) is 20.7. The van der Waals surface area contributed by atoms with Crippen molar-refractivity contribution in [3.05, 3.63) is 29.8 Å². The molecule has 0 aromatic heterocycles. The van der Waals surface area contributed by atoms with Crippen LogP contribution in [0.4, 0.5) is 4.79 Å². The number of nitrogens with one attached hydrogen (secondary N) is 1. The third-order valence-electron chi connectivity index (χ3n) is 5.24. The van der Waals surface area contributed by atoms with Crippen LogP contribution < -0.4 is 5.32 Å². The zero-order chi connectivity index (χ0) is 19.8. The molecule has 0 bridgehead atoms. The van der Waals surface area contributed by atoms with Gasteiger partial charge in [0.1, 0.15) is 5.60 Å². The molecule has 1 N–H and O–H groups in total. The molecule has 1 aliphatic rings. The largest absolute Gasteiger partial charge is 0.444 e. The summed E-state index contributed by atoms with van der Waals surface area (Å²) >= 11 is 0. The summed E-state index contributed by atoms with van der Waals surface area (Å²) in [6.45, 7) is 9.83. The maximum atomic E-state index is 12.1. The van der Waals surface area contributed by atoms with E-state index in [2.05, 4.69) is 19.2 Å². The minimum atomic E-state index is -3.18. The van der Waals surface area contributed by atoms with Gasteiger partial charge in [0.15, 0.2) is 9.84 Å². The number of hydrogen-bond donors (Lipinski definition) is 1. The van der Waals surface area contributed by atoms with Crippen molar-refractivity contribution < 1.29 is 17.9 Å². The first-order valence-corrected chi connectivity index (χ1v) is 10.9. The molecule has 146 valence electrons. The smallest absolute Gasteiger partial charge is 0.408 e. The Balaban J connectivity index is 2.05. The first-order chi connectivity index (χ1) is 11.7. The van der Waals surface area contributed by atoms with Gasteiger partial charge in [-0.1, -0.05) is 19.1 Å². The number of hydrogen-bond acceptors (Lipinski definition) is 4. The van der Waals surface area contributed by atoms with Gasteiger partial charge in [0.25, 0.3) is 0 Å². The fraction of sp³-hybridized carbons (Fsp3) is 0.650. The average molecular weight is 382 g/mol. The van der Waals surface area contributed by atoms with Crippen molar-refractivity contribution in [2.24, 2.45) is 0 Å². The molecule has 0 spiro atoms. The van der Waals surface area contributed by atoms with Crippen molar-refractivity contribution in [1.29, 1.82) is 0 Å². The molecule has 0 saturated heterocycles. The molecule has 1 fully saturated rings. The highest BCUT2D eigenvalue weighted by Crippen LogP contribution is 2.43. The summed E-state index contributed by atoms with van der Waals surface area (Å²) in [6, 6.07) is 7.20. The highest BCUT2D eigenvalue weighted by atomic mass is 32.2. The molecule has 1 amide bonds. The van der Waals surface area contributed by atoms with E-state index in [-0.39, 0.29) is 17.0 Å². The average Bonchev–Trinajstić information content (AvgIpc) is 2.48. The van der Waals surface area contributed by atoms with Gasteiger partial charge in [0, 0.05) is 11.8 Å². The number of alkyl carbamates (subject to hydrolysis) is 1. The summed E-state index contributed by atoms with van der Waals surface area (Å²) in [5.74, 6) is 0. The van der Waals surface area contributed by atoms with Crippen LogP contribution in [-0.2, 0) is 20.0 Å². The third-order valence-corrected chi connectivity index (χ3v) is 6.37. The predicted octanol–water partition coefficient (Wildman–Crippen LogP) is 4.21. The maximum absolute atomic E-state index is 12.1. The van der Waals surface area contributed by atoms with Gasteiger partial charge < -0.3 is 10.1 Å². The van der Waals surface area contributed by atoms with E-state index in [4.69, 9.17) is 4.74 Å². The zero-order valence-corrected chi connectivity index (χ0v) is 17.5. The molecule has 1 aromatic carbocycles. The number of carbonyl (C=O) groups is 1. The van der Waals surface area contributed by atoms with Gasteiger partial charge in [-0.3, -0.25) is 0 Å². The van der Waals surface area contributed by atoms with Gasteiger partial charge in [-0.05, 0) is 76.5 Å². The van der Waals surface area contributed by atoms with Crippen LogP contribution >= 0.6 is 0 Å². The van der Waals surface area contributed by atoms with Gasteiger partial charge in [-0.2, -0.15) is 0 Å². The summed E-state index contributed by atoms with van der Waals surface area (Å²) < 4.78 is 28.7. The highest BCUT2D eigenvalue weighted by Gasteiger charge is 2.40. The van der Waals surface area contributed by atoms with Gasteiger partial charge in [-0.25, -0.2) is 13.2 Å². The zero-order valence-electron chi connectivity index (χ0n) is 16.7. The van der Waals surface area contributed by atoms with Crippen LogP contribution in [0, 0.1) is 0 Å². The number of benzene rings is 1. The molecular formula is C20H31NO4S. The first-order valence-electron chi connectivity index (χ1n) is 9.04. The monoisotopic (exact) mass is 381 g/mol. The van der Waals surface area contributed by atoms with E-state index in [1.54, 1.807) is 12.1 Å². The quantitative estimate of drug-likeness (QED) is 0.851. The van der Waals surface area contributed by atoms with Gasteiger partial charge >= 0.3 is 6.09 Å². The lowest BCUT2D eigenvalue weighted by atomic mass is 9.66. The Morgan fingerprint density at radius 3 is 1.96 bits per heavy atom. The Labute approximate surface area is 157 Å². The SMILES string of the molecule is CC1(NC(=O)OC(C)(C)C)CCC(C)(c2ccc(S(C)(=O)=O)cc2)CC1. The molecule has 1 saturated carbocycles. The van der Waals surface area contributed by atoms with Crippen LogP contribution in [0.25, 0.3) is 0 Å². The Morgan fingerprint density at radius 1 is 1.04 bits per heavy atom. The van der Waals surface area contributed by atoms with Crippen LogP contribution in [0.1, 0.15) is 65.9 Å². The lowest BCUT2D eigenvalue weighted by Crippen LogP contribution is -2.51. The third kappa shape index (κ3) is 5.22. The molecule has 2 rings (SSSR count). The van der Waals surface area contributed by atoms with Crippen LogP contribution in [0.15, 0.2) is 29.2 Å². The van der Waals surface area contributed by atoms with Crippen LogP contribution in [-0.4, -0.2) is 31.9 Å². The Hall–Kier alpha value is -1.56. The van der Waals surface area contributed by atoms with Crippen LogP contribution in [0.3, 0.4) is 0 Å². The minimum absolute atomic E-state index is 0.0227. The Morgan fingerprint density at radius 2 is 1.54 bits per heavy atom. The van der Waals surface area contributed by atoms with Crippen molar-refractivity contribution >= 4 is 15.9 Å². The number of sulfone groups is 1. The van der Waals surface area contributed by atoms with Gasteiger partial charge in [0.2, 0.25) is 0 Å². The second-order valence-corrected chi connectivity index (χ2v) is 11.1. The maximum Gasteiger partial charge on any atom is 0.408 e. The van der Waals surface area contributed by atoms with Crippen molar-refractivity contribution in [1.82, 2.24) is 5.32 Å². The lowest BCUT2D eigenvalue weighted by molar-refractivity contribution is 0.0419. The minimum Gasteiger partial charge on any atom is -0.444 e. The van der Waals surface area contributed by atoms with Crippen LogP contribution in [0.2, 0.25) is 0 Å². The normalized spacial score (nSPS) is 27.0. The van der Waals surface area contributed by atoms with Crippen molar-refractivity contribution in [2.75, 3.05) is 6.26 Å². The Bertz CT molecular complexity index is 752. The fourth-order valence-corrected chi connectivity index (χ4v) is 4.05. The molecule has 1 aromatic rings. The van der Waals surface area contributed by atoms with E-state index in [9.17, 15) is 13.2 Å². The van der Waals surface area contributed by atoms with E-state index >= 15 is 0 Å². The summed E-state index contributed by atoms with van der Waals surface area (Å²) in [4.78, 5) is 12.4. The van der Waals surface area contributed by atoms with E-state index in [0.717, 1.165) is 31.2 Å². The summed E-state index contributed by atoms with van der Waals surface area (Å²) in [7, 11) is -3.18. The number of carbonyl (C=O) groups excluding carboxylic acids is 1. The molecular weight excluding hydrogens is 350 g/mol. The Kier molecular flexibility index (Phi) is 5.48. The van der Waals surface area contributed by atoms with Gasteiger partial charge in [-0.15, -0.1) is 0 Å². The van der Waals surface area contributed by atoms with E-state index in [0.29, 0.717) is 4.90 Å². The van der Waals surface area contributed by atoms with Gasteiger partial charge in [0.05, 0.1) is 4.90 Å². The number of rotatable bonds is 3. The highest BCUT2D eigenvalue weighted by molar-refractivity contribution is 7.90.